The van der Waals surface area contributed by atoms with Crippen molar-refractivity contribution in [2.24, 2.45) is 0 Å². The SMILES string of the molecule is CC(C(=O)N1CCc2c(ncnc2N2CCOCC2)C1)N1CCCC1=O. The first kappa shape index (κ1) is 17.2. The number of nitrogens with zero attached hydrogens (tertiary/aromatic N) is 5. The van der Waals surface area contributed by atoms with Crippen LogP contribution in [-0.2, 0) is 27.3 Å². The van der Waals surface area contributed by atoms with Gasteiger partial charge >= 0.3 is 0 Å². The number of hydrogen-bond donors (Lipinski definition) is 0. The number of aromatic nitrogens is 2. The number of morpholine rings is 1. The molecule has 4 rings (SSSR count). The average molecular weight is 359 g/mol. The molecule has 3 aliphatic heterocycles. The number of carbonyl (C=O) groups excluding carboxylic acids is 2. The van der Waals surface area contributed by atoms with Gasteiger partial charge in [-0.2, -0.15) is 0 Å². The molecule has 2 fully saturated rings. The summed E-state index contributed by atoms with van der Waals surface area (Å²) < 4.78 is 5.43. The molecule has 1 aromatic rings. The molecule has 8 nitrogen and oxygen atoms in total. The summed E-state index contributed by atoms with van der Waals surface area (Å²) in [6.07, 6.45) is 3.73. The van der Waals surface area contributed by atoms with Crippen LogP contribution < -0.4 is 4.90 Å². The lowest BCUT2D eigenvalue weighted by molar-refractivity contribution is -0.143. The maximum absolute atomic E-state index is 12.9. The van der Waals surface area contributed by atoms with Gasteiger partial charge in [0.2, 0.25) is 11.8 Å². The molecule has 140 valence electrons. The van der Waals surface area contributed by atoms with Gasteiger partial charge in [0, 0.05) is 38.2 Å². The number of likely N-dealkylation sites (tertiary alicyclic amines) is 1. The number of carbonyl (C=O) groups is 2. The lowest BCUT2D eigenvalue weighted by atomic mass is 10.0. The third-order valence-corrected chi connectivity index (χ3v) is 5.54. The predicted molar refractivity (Wildman–Crippen MR) is 94.6 cm³/mol. The van der Waals surface area contributed by atoms with E-state index in [-0.39, 0.29) is 11.8 Å². The first-order valence-electron chi connectivity index (χ1n) is 9.39. The summed E-state index contributed by atoms with van der Waals surface area (Å²) in [6, 6.07) is -0.396. The highest BCUT2D eigenvalue weighted by molar-refractivity contribution is 5.88. The summed E-state index contributed by atoms with van der Waals surface area (Å²) in [5.41, 5.74) is 2.06. The van der Waals surface area contributed by atoms with Crippen molar-refractivity contribution in [2.45, 2.75) is 38.8 Å². The van der Waals surface area contributed by atoms with Gasteiger partial charge in [-0.3, -0.25) is 9.59 Å². The van der Waals surface area contributed by atoms with Gasteiger partial charge in [0.05, 0.1) is 25.5 Å². The van der Waals surface area contributed by atoms with Crippen LogP contribution in [0.2, 0.25) is 0 Å². The Hall–Kier alpha value is -2.22. The molecule has 8 heteroatoms. The van der Waals surface area contributed by atoms with E-state index >= 15 is 0 Å². The maximum Gasteiger partial charge on any atom is 0.245 e. The fourth-order valence-corrected chi connectivity index (χ4v) is 4.05. The first-order chi connectivity index (χ1) is 12.6. The van der Waals surface area contributed by atoms with E-state index in [1.807, 2.05) is 11.8 Å². The van der Waals surface area contributed by atoms with E-state index in [1.54, 1.807) is 11.2 Å². The fourth-order valence-electron chi connectivity index (χ4n) is 4.05. The number of fused-ring (bicyclic) bond motifs is 1. The summed E-state index contributed by atoms with van der Waals surface area (Å²) in [4.78, 5) is 39.5. The highest BCUT2D eigenvalue weighted by atomic mass is 16.5. The molecule has 1 unspecified atom stereocenters. The minimum Gasteiger partial charge on any atom is -0.378 e. The third kappa shape index (κ3) is 3.13. The second-order valence-electron chi connectivity index (χ2n) is 7.10. The summed E-state index contributed by atoms with van der Waals surface area (Å²) in [5, 5.41) is 0. The molecule has 0 aromatic carbocycles. The molecule has 2 amide bonds. The molecule has 0 spiro atoms. The Morgan fingerprint density at radius 3 is 2.69 bits per heavy atom. The van der Waals surface area contributed by atoms with Crippen LogP contribution in [0.3, 0.4) is 0 Å². The number of amides is 2. The highest BCUT2D eigenvalue weighted by Crippen LogP contribution is 2.27. The van der Waals surface area contributed by atoms with Crippen molar-refractivity contribution in [3.05, 3.63) is 17.6 Å². The normalized spacial score (nSPS) is 21.7. The maximum atomic E-state index is 12.9. The van der Waals surface area contributed by atoms with Gasteiger partial charge in [-0.25, -0.2) is 9.97 Å². The van der Waals surface area contributed by atoms with Crippen LogP contribution >= 0.6 is 0 Å². The van der Waals surface area contributed by atoms with Crippen molar-refractivity contribution in [3.8, 4) is 0 Å². The van der Waals surface area contributed by atoms with Crippen molar-refractivity contribution in [2.75, 3.05) is 44.3 Å². The van der Waals surface area contributed by atoms with E-state index in [0.717, 1.165) is 43.0 Å². The molecule has 26 heavy (non-hydrogen) atoms. The van der Waals surface area contributed by atoms with Crippen LogP contribution in [0.4, 0.5) is 5.82 Å². The fraction of sp³-hybridized carbons (Fsp3) is 0.667. The van der Waals surface area contributed by atoms with Gasteiger partial charge < -0.3 is 19.4 Å². The van der Waals surface area contributed by atoms with Gasteiger partial charge in [0.25, 0.3) is 0 Å². The monoisotopic (exact) mass is 359 g/mol. The van der Waals surface area contributed by atoms with Crippen LogP contribution in [0, 0.1) is 0 Å². The van der Waals surface area contributed by atoms with E-state index in [1.165, 1.54) is 0 Å². The molecule has 0 N–H and O–H groups in total. The predicted octanol–water partition coefficient (Wildman–Crippen LogP) is 0.209. The second kappa shape index (κ2) is 7.19. The molecule has 3 aliphatic rings. The molecule has 0 radical (unpaired) electrons. The molecular formula is C18H25N5O3. The molecular weight excluding hydrogens is 334 g/mol. The Bertz CT molecular complexity index is 704. The number of rotatable bonds is 3. The molecule has 0 aliphatic carbocycles. The lowest BCUT2D eigenvalue weighted by Crippen LogP contribution is -2.49. The average Bonchev–Trinajstić information content (AvgIpc) is 3.12. The standard InChI is InChI=1S/C18H25N5O3/c1-13(23-5-2-3-16(23)24)18(25)22-6-4-14-15(11-22)19-12-20-17(14)21-7-9-26-10-8-21/h12-13H,2-11H2,1H3. The Morgan fingerprint density at radius 2 is 1.96 bits per heavy atom. The molecule has 1 aromatic heterocycles. The molecule has 1 atom stereocenters. The van der Waals surface area contributed by atoms with Gasteiger partial charge in [-0.15, -0.1) is 0 Å². The highest BCUT2D eigenvalue weighted by Gasteiger charge is 2.34. The molecule has 2 saturated heterocycles. The van der Waals surface area contributed by atoms with Crippen LogP contribution in [0.1, 0.15) is 31.0 Å². The van der Waals surface area contributed by atoms with Gasteiger partial charge in [-0.1, -0.05) is 0 Å². The molecule has 4 heterocycles. The van der Waals surface area contributed by atoms with Crippen molar-refractivity contribution in [1.29, 1.82) is 0 Å². The smallest absolute Gasteiger partial charge is 0.245 e. The van der Waals surface area contributed by atoms with E-state index in [2.05, 4.69) is 14.9 Å². The zero-order valence-electron chi connectivity index (χ0n) is 15.2. The topological polar surface area (TPSA) is 78.9 Å². The van der Waals surface area contributed by atoms with Crippen molar-refractivity contribution >= 4 is 17.6 Å². The van der Waals surface area contributed by atoms with Crippen LogP contribution in [0.15, 0.2) is 6.33 Å². The van der Waals surface area contributed by atoms with Crippen molar-refractivity contribution < 1.29 is 14.3 Å². The first-order valence-corrected chi connectivity index (χ1v) is 9.39. The van der Waals surface area contributed by atoms with Gasteiger partial charge in [0.1, 0.15) is 18.2 Å². The molecule has 0 bridgehead atoms. The Balaban J connectivity index is 1.49. The Labute approximate surface area is 153 Å². The number of ether oxygens (including phenoxy) is 1. The lowest BCUT2D eigenvalue weighted by Gasteiger charge is -2.35. The Kier molecular flexibility index (Phi) is 4.76. The Morgan fingerprint density at radius 1 is 1.15 bits per heavy atom. The van der Waals surface area contributed by atoms with Crippen LogP contribution in [0.5, 0.6) is 0 Å². The number of hydrogen-bond acceptors (Lipinski definition) is 6. The number of anilines is 1. The van der Waals surface area contributed by atoms with Crippen molar-refractivity contribution in [1.82, 2.24) is 19.8 Å². The van der Waals surface area contributed by atoms with Crippen LogP contribution in [-0.4, -0.2) is 77.0 Å². The molecule has 0 saturated carbocycles. The van der Waals surface area contributed by atoms with E-state index in [4.69, 9.17) is 4.74 Å². The van der Waals surface area contributed by atoms with Crippen molar-refractivity contribution in [3.63, 3.8) is 0 Å². The van der Waals surface area contributed by atoms with E-state index in [9.17, 15) is 9.59 Å². The van der Waals surface area contributed by atoms with Gasteiger partial charge in [0.15, 0.2) is 0 Å². The zero-order chi connectivity index (χ0) is 18.1. The van der Waals surface area contributed by atoms with Gasteiger partial charge in [-0.05, 0) is 19.8 Å². The summed E-state index contributed by atoms with van der Waals surface area (Å²) in [5.74, 6) is 1.07. The largest absolute Gasteiger partial charge is 0.378 e. The zero-order valence-corrected chi connectivity index (χ0v) is 15.2. The minimum atomic E-state index is -0.396. The summed E-state index contributed by atoms with van der Waals surface area (Å²) in [6.45, 7) is 6.74. The second-order valence-corrected chi connectivity index (χ2v) is 7.10. The van der Waals surface area contributed by atoms with Crippen LogP contribution in [0.25, 0.3) is 0 Å². The third-order valence-electron chi connectivity index (χ3n) is 5.54. The quantitative estimate of drug-likeness (QED) is 0.768. The van der Waals surface area contributed by atoms with E-state index in [0.29, 0.717) is 39.3 Å². The summed E-state index contributed by atoms with van der Waals surface area (Å²) in [7, 11) is 0. The van der Waals surface area contributed by atoms with E-state index < -0.39 is 6.04 Å². The summed E-state index contributed by atoms with van der Waals surface area (Å²) >= 11 is 0. The minimum absolute atomic E-state index is 0.0115.